The minimum atomic E-state index is -1.79. The lowest BCUT2D eigenvalue weighted by Gasteiger charge is -2.38. The third-order valence-electron chi connectivity index (χ3n) is 4.34. The highest BCUT2D eigenvalue weighted by Crippen LogP contribution is 2.26. The molecule has 0 spiro atoms. The number of aliphatic carboxylic acids is 1. The van der Waals surface area contributed by atoms with Gasteiger partial charge in [0.15, 0.2) is 6.10 Å². The summed E-state index contributed by atoms with van der Waals surface area (Å²) in [7, 11) is 0. The Balaban J connectivity index is 1.68. The molecule has 9 heteroatoms. The Bertz CT molecular complexity index is 873. The monoisotopic (exact) mass is 404 g/mol. The van der Waals surface area contributed by atoms with Crippen molar-refractivity contribution in [1.29, 1.82) is 0 Å². The molecule has 1 heterocycles. The lowest BCUT2D eigenvalue weighted by molar-refractivity contribution is -0.271. The maximum Gasteiger partial charge on any atom is 0.335 e. The number of aliphatic hydroxyl groups is 3. The molecule has 1 saturated heterocycles. The number of hydrogen-bond donors (Lipinski definition) is 6. The van der Waals surface area contributed by atoms with Crippen LogP contribution in [-0.4, -0.2) is 67.3 Å². The topological polar surface area (TPSA) is 157 Å². The molecule has 9 nitrogen and oxygen atoms in total. The van der Waals surface area contributed by atoms with Gasteiger partial charge in [-0.1, -0.05) is 24.3 Å². The van der Waals surface area contributed by atoms with E-state index in [1.54, 1.807) is 36.4 Å². The lowest BCUT2D eigenvalue weighted by atomic mass is 9.99. The molecule has 0 unspecified atom stereocenters. The predicted octanol–water partition coefficient (Wildman–Crippen LogP) is 0.539. The van der Waals surface area contributed by atoms with Crippen LogP contribution >= 0.6 is 0 Å². The zero-order valence-corrected chi connectivity index (χ0v) is 15.0. The van der Waals surface area contributed by atoms with Crippen molar-refractivity contribution < 1.29 is 44.9 Å². The van der Waals surface area contributed by atoms with Crippen LogP contribution in [0.15, 0.2) is 42.5 Å². The van der Waals surface area contributed by atoms with E-state index in [1.165, 1.54) is 18.2 Å². The second-order valence-corrected chi connectivity index (χ2v) is 6.54. The summed E-state index contributed by atoms with van der Waals surface area (Å²) < 4.78 is 10.5. The summed E-state index contributed by atoms with van der Waals surface area (Å²) in [6.07, 6.45) is -4.98. The van der Waals surface area contributed by atoms with Crippen LogP contribution in [0.3, 0.4) is 0 Å². The van der Waals surface area contributed by atoms with Crippen molar-refractivity contribution in [2.24, 2.45) is 0 Å². The summed E-state index contributed by atoms with van der Waals surface area (Å²) in [5.41, 5.74) is 1.35. The highest BCUT2D eigenvalue weighted by molar-refractivity contribution is 5.73. The zero-order valence-electron chi connectivity index (χ0n) is 15.0. The Kier molecular flexibility index (Phi) is 6.04. The van der Waals surface area contributed by atoms with Crippen molar-refractivity contribution in [1.82, 2.24) is 0 Å². The summed E-state index contributed by atoms with van der Waals surface area (Å²) in [4.78, 5) is 11.1. The van der Waals surface area contributed by atoms with Gasteiger partial charge in [0, 0.05) is 6.07 Å². The van der Waals surface area contributed by atoms with Crippen LogP contribution in [-0.2, 0) is 9.53 Å². The quantitative estimate of drug-likeness (QED) is 0.391. The van der Waals surface area contributed by atoms with Gasteiger partial charge in [-0.2, -0.15) is 0 Å². The van der Waals surface area contributed by atoms with Crippen LogP contribution in [0.25, 0.3) is 12.2 Å². The molecule has 2 aromatic rings. The van der Waals surface area contributed by atoms with Crippen molar-refractivity contribution in [3.8, 4) is 17.2 Å². The summed E-state index contributed by atoms with van der Waals surface area (Å²) in [5, 5.41) is 57.5. The number of hydrogen-bond acceptors (Lipinski definition) is 8. The van der Waals surface area contributed by atoms with Gasteiger partial charge >= 0.3 is 5.97 Å². The van der Waals surface area contributed by atoms with Crippen molar-refractivity contribution >= 4 is 18.1 Å². The highest BCUT2D eigenvalue weighted by Gasteiger charge is 2.48. The first-order valence-corrected chi connectivity index (χ1v) is 8.65. The fraction of sp³-hybridized carbons (Fsp3) is 0.250. The smallest absolute Gasteiger partial charge is 0.335 e. The predicted molar refractivity (Wildman–Crippen MR) is 100 cm³/mol. The summed E-state index contributed by atoms with van der Waals surface area (Å²) in [5.74, 6) is -1.37. The molecule has 0 amide bonds. The van der Waals surface area contributed by atoms with Crippen molar-refractivity contribution in [3.63, 3.8) is 0 Å². The minimum Gasteiger partial charge on any atom is -0.508 e. The Morgan fingerprint density at radius 1 is 0.862 bits per heavy atom. The number of rotatable bonds is 5. The van der Waals surface area contributed by atoms with Gasteiger partial charge in [0.05, 0.1) is 0 Å². The fourth-order valence-corrected chi connectivity index (χ4v) is 2.85. The van der Waals surface area contributed by atoms with E-state index in [2.05, 4.69) is 0 Å². The van der Waals surface area contributed by atoms with E-state index in [-0.39, 0.29) is 17.2 Å². The van der Waals surface area contributed by atoms with Gasteiger partial charge in [-0.25, -0.2) is 4.79 Å². The third kappa shape index (κ3) is 4.84. The number of phenols is 2. The molecular weight excluding hydrogens is 384 g/mol. The lowest BCUT2D eigenvalue weighted by Crippen LogP contribution is -2.61. The van der Waals surface area contributed by atoms with Crippen LogP contribution < -0.4 is 4.74 Å². The normalized spacial score (nSPS) is 27.1. The van der Waals surface area contributed by atoms with Crippen LogP contribution in [0, 0.1) is 0 Å². The molecule has 3 rings (SSSR count). The van der Waals surface area contributed by atoms with E-state index < -0.39 is 36.7 Å². The van der Waals surface area contributed by atoms with Crippen LogP contribution in [0.4, 0.5) is 0 Å². The first kappa shape index (κ1) is 20.6. The van der Waals surface area contributed by atoms with Gasteiger partial charge in [-0.3, -0.25) is 0 Å². The summed E-state index contributed by atoms with van der Waals surface area (Å²) >= 11 is 0. The van der Waals surface area contributed by atoms with Crippen LogP contribution in [0.5, 0.6) is 17.2 Å². The average Bonchev–Trinajstić information content (AvgIpc) is 2.67. The van der Waals surface area contributed by atoms with E-state index in [0.717, 1.165) is 5.56 Å². The molecule has 5 atom stereocenters. The summed E-state index contributed by atoms with van der Waals surface area (Å²) in [6.45, 7) is 0. The van der Waals surface area contributed by atoms with Gasteiger partial charge in [-0.05, 0) is 35.4 Å². The SMILES string of the molecule is O=C(O)[C@@H]1O[C@@H](Oc2ccc(/C=C\c3cc(O)cc(O)c3)cc2)[C@@H](O)[C@H](O)[C@@H]1O. The number of aliphatic hydroxyl groups excluding tert-OH is 3. The molecule has 0 aliphatic carbocycles. The number of aromatic hydroxyl groups is 2. The van der Waals surface area contributed by atoms with Gasteiger partial charge in [0.2, 0.25) is 6.29 Å². The minimum absolute atomic E-state index is 0.0635. The molecule has 1 fully saturated rings. The summed E-state index contributed by atoms with van der Waals surface area (Å²) in [6, 6.07) is 10.6. The standard InChI is InChI=1S/C20H20O9/c21-12-7-11(8-13(22)9-12)2-1-10-3-5-14(6-4-10)28-20-17(25)15(23)16(24)18(29-20)19(26)27/h1-9,15-18,20-25H,(H,26,27)/b2-1-/t15-,16+,17+,18-,20-/m1/s1. The van der Waals surface area contributed by atoms with Crippen LogP contribution in [0.2, 0.25) is 0 Å². The first-order chi connectivity index (χ1) is 13.7. The maximum atomic E-state index is 11.1. The second-order valence-electron chi connectivity index (χ2n) is 6.54. The molecule has 0 radical (unpaired) electrons. The molecule has 29 heavy (non-hydrogen) atoms. The molecule has 0 bridgehead atoms. The number of ether oxygens (including phenoxy) is 2. The Morgan fingerprint density at radius 3 is 2.03 bits per heavy atom. The van der Waals surface area contributed by atoms with E-state index in [1.807, 2.05) is 0 Å². The number of phenolic OH excluding ortho intramolecular Hbond substituents is 2. The van der Waals surface area contributed by atoms with Crippen molar-refractivity contribution in [3.05, 3.63) is 53.6 Å². The zero-order chi connectivity index (χ0) is 21.1. The van der Waals surface area contributed by atoms with Crippen molar-refractivity contribution in [2.45, 2.75) is 30.7 Å². The number of benzene rings is 2. The third-order valence-corrected chi connectivity index (χ3v) is 4.34. The number of carbonyl (C=O) groups is 1. The average molecular weight is 404 g/mol. The van der Waals surface area contributed by atoms with E-state index in [9.17, 15) is 30.3 Å². The van der Waals surface area contributed by atoms with Gasteiger partial charge in [-0.15, -0.1) is 0 Å². The molecule has 2 aromatic carbocycles. The highest BCUT2D eigenvalue weighted by atomic mass is 16.7. The first-order valence-electron chi connectivity index (χ1n) is 8.65. The molecule has 0 aromatic heterocycles. The Labute approximate surface area is 165 Å². The molecule has 154 valence electrons. The second kappa shape index (κ2) is 8.50. The van der Waals surface area contributed by atoms with E-state index in [4.69, 9.17) is 14.6 Å². The molecular formula is C20H20O9. The van der Waals surface area contributed by atoms with Gasteiger partial charge in [0.25, 0.3) is 0 Å². The molecule has 1 aliphatic rings. The molecule has 0 saturated carbocycles. The van der Waals surface area contributed by atoms with Gasteiger partial charge in [0.1, 0.15) is 35.6 Å². The van der Waals surface area contributed by atoms with Crippen LogP contribution in [0.1, 0.15) is 11.1 Å². The van der Waals surface area contributed by atoms with Gasteiger partial charge < -0.3 is 40.1 Å². The fourth-order valence-electron chi connectivity index (χ4n) is 2.85. The maximum absolute atomic E-state index is 11.1. The van der Waals surface area contributed by atoms with E-state index >= 15 is 0 Å². The Hall–Kier alpha value is -3.11. The molecule has 1 aliphatic heterocycles. The van der Waals surface area contributed by atoms with E-state index in [0.29, 0.717) is 5.56 Å². The Morgan fingerprint density at radius 2 is 1.45 bits per heavy atom. The largest absolute Gasteiger partial charge is 0.508 e. The molecule has 6 N–H and O–H groups in total. The number of carboxylic acids is 1. The van der Waals surface area contributed by atoms with Crippen molar-refractivity contribution in [2.75, 3.05) is 0 Å². The number of carboxylic acid groups (broad SMARTS) is 1.